The topological polar surface area (TPSA) is 63.7 Å². The first-order chi connectivity index (χ1) is 13.0. The van der Waals surface area contributed by atoms with Crippen molar-refractivity contribution in [2.45, 2.75) is 24.8 Å². The Morgan fingerprint density at radius 1 is 1.04 bits per heavy atom. The smallest absolute Gasteiger partial charge is 0.315 e. The van der Waals surface area contributed by atoms with Crippen LogP contribution in [0.15, 0.2) is 77.3 Å². The van der Waals surface area contributed by atoms with Crippen LogP contribution in [-0.4, -0.2) is 33.8 Å². The predicted octanol–water partition coefficient (Wildman–Crippen LogP) is 3.29. The summed E-state index contributed by atoms with van der Waals surface area (Å²) in [6, 6.07) is 18.7. The number of esters is 1. The van der Waals surface area contributed by atoms with Crippen LogP contribution in [0.3, 0.4) is 0 Å². The van der Waals surface area contributed by atoms with Gasteiger partial charge in [0.05, 0.1) is 30.2 Å². The number of rotatable bonds is 8. The van der Waals surface area contributed by atoms with Crippen LogP contribution in [0, 0.1) is 0 Å². The molecule has 2 aromatic rings. The zero-order valence-electron chi connectivity index (χ0n) is 15.5. The fourth-order valence-corrected chi connectivity index (χ4v) is 3.56. The summed E-state index contributed by atoms with van der Waals surface area (Å²) in [7, 11) is 0.0514. The average molecular weight is 385 g/mol. The molecule has 142 valence electrons. The lowest BCUT2D eigenvalue weighted by molar-refractivity contribution is -0.146. The highest BCUT2D eigenvalue weighted by molar-refractivity contribution is 7.85. The third kappa shape index (κ3) is 6.83. The quantitative estimate of drug-likeness (QED) is 0.517. The van der Waals surface area contributed by atoms with Crippen molar-refractivity contribution in [1.82, 2.24) is 4.90 Å². The molecule has 0 heterocycles. The molecule has 0 aliphatic carbocycles. The Labute approximate surface area is 162 Å². The first-order valence-electron chi connectivity index (χ1n) is 8.50. The highest BCUT2D eigenvalue weighted by atomic mass is 32.2. The van der Waals surface area contributed by atoms with E-state index in [1.807, 2.05) is 67.6 Å². The van der Waals surface area contributed by atoms with E-state index >= 15 is 0 Å². The van der Waals surface area contributed by atoms with E-state index in [9.17, 15) is 13.8 Å². The van der Waals surface area contributed by atoms with Crippen LogP contribution in [0.2, 0.25) is 0 Å². The molecule has 0 spiro atoms. The summed E-state index contributed by atoms with van der Waals surface area (Å²) in [6.45, 7) is 2.15. The Bertz CT molecular complexity index is 819. The van der Waals surface area contributed by atoms with E-state index in [0.29, 0.717) is 12.3 Å². The monoisotopic (exact) mass is 385 g/mol. The minimum atomic E-state index is -1.20. The molecular formula is C21H23NO4S. The summed E-state index contributed by atoms with van der Waals surface area (Å²) >= 11 is 0. The Kier molecular flexibility index (Phi) is 7.95. The molecule has 0 saturated carbocycles. The van der Waals surface area contributed by atoms with Crippen LogP contribution >= 0.6 is 0 Å². The molecule has 5 nitrogen and oxygen atoms in total. The number of amides is 1. The molecule has 2 aromatic carbocycles. The minimum absolute atomic E-state index is 0.306. The van der Waals surface area contributed by atoms with Crippen molar-refractivity contribution in [3.05, 3.63) is 78.0 Å². The van der Waals surface area contributed by atoms with E-state index in [2.05, 4.69) is 4.74 Å². The van der Waals surface area contributed by atoms with Crippen molar-refractivity contribution in [3.8, 4) is 0 Å². The van der Waals surface area contributed by atoms with Gasteiger partial charge in [-0.2, -0.15) is 0 Å². The molecule has 2 rings (SSSR count). The SMILES string of the molecule is COC(=O)CC(=O)N(/C=C(\C)CS(=O)c1ccccc1)Cc1ccccc1. The molecule has 6 heteroatoms. The van der Waals surface area contributed by atoms with E-state index in [1.165, 1.54) is 12.0 Å². The maximum absolute atomic E-state index is 12.5. The largest absolute Gasteiger partial charge is 0.469 e. The molecule has 0 aliphatic heterocycles. The average Bonchev–Trinajstić information content (AvgIpc) is 2.68. The minimum Gasteiger partial charge on any atom is -0.469 e. The molecule has 0 N–H and O–H groups in total. The molecule has 1 amide bonds. The second-order valence-electron chi connectivity index (χ2n) is 6.04. The second-order valence-corrected chi connectivity index (χ2v) is 7.49. The van der Waals surface area contributed by atoms with Gasteiger partial charge in [0.25, 0.3) is 0 Å². The van der Waals surface area contributed by atoms with Gasteiger partial charge in [-0.25, -0.2) is 0 Å². The number of hydrogen-bond acceptors (Lipinski definition) is 4. The molecule has 1 atom stereocenters. The van der Waals surface area contributed by atoms with Gasteiger partial charge in [0.1, 0.15) is 6.42 Å². The van der Waals surface area contributed by atoms with Crippen LogP contribution in [0.1, 0.15) is 18.9 Å². The van der Waals surface area contributed by atoms with Crippen molar-refractivity contribution >= 4 is 22.7 Å². The molecule has 0 bridgehead atoms. The summed E-state index contributed by atoms with van der Waals surface area (Å²) in [5.41, 5.74) is 1.72. The van der Waals surface area contributed by atoms with Gasteiger partial charge in [0, 0.05) is 11.1 Å². The molecule has 0 aliphatic rings. The van der Waals surface area contributed by atoms with Crippen molar-refractivity contribution in [1.29, 1.82) is 0 Å². The molecular weight excluding hydrogens is 362 g/mol. The highest BCUT2D eigenvalue weighted by Crippen LogP contribution is 2.13. The Balaban J connectivity index is 2.15. The first-order valence-corrected chi connectivity index (χ1v) is 9.82. The number of carbonyl (C=O) groups excluding carboxylic acids is 2. The fraction of sp³-hybridized carbons (Fsp3) is 0.238. The zero-order chi connectivity index (χ0) is 19.6. The third-order valence-electron chi connectivity index (χ3n) is 3.78. The van der Waals surface area contributed by atoms with Crippen molar-refractivity contribution in [2.24, 2.45) is 0 Å². The number of benzene rings is 2. The van der Waals surface area contributed by atoms with Gasteiger partial charge in [0.15, 0.2) is 0 Å². The fourth-order valence-electron chi connectivity index (χ4n) is 2.45. The second kappa shape index (κ2) is 10.4. The Morgan fingerprint density at radius 3 is 2.22 bits per heavy atom. The number of methoxy groups -OCH3 is 1. The van der Waals surface area contributed by atoms with E-state index in [4.69, 9.17) is 0 Å². The molecule has 0 aromatic heterocycles. The van der Waals surface area contributed by atoms with E-state index in [-0.39, 0.29) is 12.3 Å². The highest BCUT2D eigenvalue weighted by Gasteiger charge is 2.17. The van der Waals surface area contributed by atoms with Gasteiger partial charge in [-0.3, -0.25) is 13.8 Å². The van der Waals surface area contributed by atoms with Crippen LogP contribution in [0.4, 0.5) is 0 Å². The van der Waals surface area contributed by atoms with E-state index < -0.39 is 16.8 Å². The van der Waals surface area contributed by atoms with E-state index in [0.717, 1.165) is 16.0 Å². The standard InChI is InChI=1S/C21H23NO4S/c1-17(16-27(25)19-11-7-4-8-12-19)14-22(20(23)13-21(24)26-2)15-18-9-5-3-6-10-18/h3-12,14H,13,15-16H2,1-2H3/b17-14+. The summed E-state index contributed by atoms with van der Waals surface area (Å²) in [5.74, 6) is -0.645. The lowest BCUT2D eigenvalue weighted by Crippen LogP contribution is -2.28. The molecule has 0 fully saturated rings. The summed E-state index contributed by atoms with van der Waals surface area (Å²) in [6.07, 6.45) is 1.33. The van der Waals surface area contributed by atoms with Gasteiger partial charge >= 0.3 is 5.97 Å². The van der Waals surface area contributed by atoms with Crippen molar-refractivity contribution in [2.75, 3.05) is 12.9 Å². The van der Waals surface area contributed by atoms with Crippen LogP contribution in [-0.2, 0) is 31.7 Å². The summed E-state index contributed by atoms with van der Waals surface area (Å²) < 4.78 is 17.1. The predicted molar refractivity (Wildman–Crippen MR) is 105 cm³/mol. The normalized spacial score (nSPS) is 12.3. The van der Waals surface area contributed by atoms with Gasteiger partial charge in [-0.05, 0) is 30.2 Å². The van der Waals surface area contributed by atoms with Gasteiger partial charge in [-0.15, -0.1) is 0 Å². The molecule has 27 heavy (non-hydrogen) atoms. The number of hydrogen-bond donors (Lipinski definition) is 0. The first kappa shape index (κ1) is 20.6. The number of ether oxygens (including phenoxy) is 1. The van der Waals surface area contributed by atoms with Crippen molar-refractivity contribution < 1.29 is 18.5 Å². The Morgan fingerprint density at radius 2 is 1.63 bits per heavy atom. The zero-order valence-corrected chi connectivity index (χ0v) is 16.3. The van der Waals surface area contributed by atoms with E-state index in [1.54, 1.807) is 6.20 Å². The summed E-state index contributed by atoms with van der Waals surface area (Å²) in [4.78, 5) is 26.2. The molecule has 0 radical (unpaired) electrons. The lowest BCUT2D eigenvalue weighted by atomic mass is 10.2. The van der Waals surface area contributed by atoms with Crippen molar-refractivity contribution in [3.63, 3.8) is 0 Å². The van der Waals surface area contributed by atoms with Gasteiger partial charge in [-0.1, -0.05) is 48.5 Å². The van der Waals surface area contributed by atoms with Crippen LogP contribution < -0.4 is 0 Å². The van der Waals surface area contributed by atoms with Crippen LogP contribution in [0.5, 0.6) is 0 Å². The number of carbonyl (C=O) groups is 2. The van der Waals surface area contributed by atoms with Crippen LogP contribution in [0.25, 0.3) is 0 Å². The molecule has 1 unspecified atom stereocenters. The van der Waals surface area contributed by atoms with Gasteiger partial charge < -0.3 is 9.64 Å². The third-order valence-corrected chi connectivity index (χ3v) is 5.30. The van der Waals surface area contributed by atoms with Gasteiger partial charge in [0.2, 0.25) is 5.91 Å². The number of nitrogens with zero attached hydrogens (tertiary/aromatic N) is 1. The maximum atomic E-state index is 12.5. The molecule has 0 saturated heterocycles. The Hall–Kier alpha value is -2.73. The summed E-state index contributed by atoms with van der Waals surface area (Å²) in [5, 5.41) is 0. The maximum Gasteiger partial charge on any atom is 0.315 e. The lowest BCUT2D eigenvalue weighted by Gasteiger charge is -2.19.